The van der Waals surface area contributed by atoms with Gasteiger partial charge in [0, 0.05) is 19.1 Å². The summed E-state index contributed by atoms with van der Waals surface area (Å²) in [7, 11) is 1.32. The average Bonchev–Trinajstić information content (AvgIpc) is 2.33. The van der Waals surface area contributed by atoms with Crippen molar-refractivity contribution in [3.8, 4) is 0 Å². The van der Waals surface area contributed by atoms with Crippen LogP contribution in [0.4, 0.5) is 0 Å². The molecule has 0 bridgehead atoms. The summed E-state index contributed by atoms with van der Waals surface area (Å²) in [6.07, 6.45) is 6.81. The van der Waals surface area contributed by atoms with E-state index in [1.807, 2.05) is 0 Å². The summed E-state index contributed by atoms with van der Waals surface area (Å²) in [6, 6.07) is 0. The molecule has 0 aromatic heterocycles. The van der Waals surface area contributed by atoms with Gasteiger partial charge in [-0.3, -0.25) is 0 Å². The third-order valence-corrected chi connectivity index (χ3v) is 2.77. The van der Waals surface area contributed by atoms with Crippen LogP contribution < -0.4 is 0 Å². The van der Waals surface area contributed by atoms with Crippen LogP contribution >= 0.6 is 0 Å². The fourth-order valence-electron chi connectivity index (χ4n) is 1.56. The summed E-state index contributed by atoms with van der Waals surface area (Å²) in [5.74, 6) is -2.45. The molecule has 0 aromatic carbocycles. The second kappa shape index (κ2) is 9.11. The van der Waals surface area contributed by atoms with E-state index in [0.717, 1.165) is 19.3 Å². The molecule has 1 unspecified atom stereocenters. The Hall–Kier alpha value is -0.870. The SMILES string of the molecule is C=C(C)C(=O)OC(O)(CCCCCCCC)OC. The molecule has 0 aliphatic carbocycles. The van der Waals surface area contributed by atoms with Crippen LogP contribution in [0.5, 0.6) is 0 Å². The van der Waals surface area contributed by atoms with E-state index in [1.54, 1.807) is 0 Å². The number of carbonyl (C=O) groups excluding carboxylic acids is 1. The molecule has 0 fully saturated rings. The molecule has 0 heterocycles. The standard InChI is InChI=1S/C14H26O4/c1-5-6-7-8-9-10-11-14(16,17-4)18-13(15)12(2)3/h16H,2,5-11H2,1,3-4H3. The molecule has 0 rings (SSSR count). The molecule has 4 heteroatoms. The number of hydrogen-bond acceptors (Lipinski definition) is 4. The molecule has 106 valence electrons. The van der Waals surface area contributed by atoms with Crippen LogP contribution in [0.2, 0.25) is 0 Å². The van der Waals surface area contributed by atoms with Crippen LogP contribution in [0.1, 0.15) is 58.8 Å². The van der Waals surface area contributed by atoms with Crippen molar-refractivity contribution < 1.29 is 19.4 Å². The van der Waals surface area contributed by atoms with Gasteiger partial charge in [-0.2, -0.15) is 0 Å². The summed E-state index contributed by atoms with van der Waals surface area (Å²) in [4.78, 5) is 11.3. The smallest absolute Gasteiger partial charge is 0.337 e. The predicted molar refractivity (Wildman–Crippen MR) is 70.9 cm³/mol. The molecule has 0 aliphatic rings. The minimum absolute atomic E-state index is 0.244. The number of ether oxygens (including phenoxy) is 2. The monoisotopic (exact) mass is 258 g/mol. The van der Waals surface area contributed by atoms with Gasteiger partial charge in [-0.15, -0.1) is 0 Å². The number of unbranched alkanes of at least 4 members (excludes halogenated alkanes) is 5. The number of methoxy groups -OCH3 is 1. The van der Waals surface area contributed by atoms with E-state index in [4.69, 9.17) is 9.47 Å². The van der Waals surface area contributed by atoms with Gasteiger partial charge in [-0.25, -0.2) is 4.79 Å². The fourth-order valence-corrected chi connectivity index (χ4v) is 1.56. The minimum Gasteiger partial charge on any atom is -0.405 e. The van der Waals surface area contributed by atoms with Crippen LogP contribution in [0.3, 0.4) is 0 Å². The topological polar surface area (TPSA) is 55.8 Å². The van der Waals surface area contributed by atoms with Crippen molar-refractivity contribution in [1.29, 1.82) is 0 Å². The molecule has 0 radical (unpaired) electrons. The molecule has 0 saturated heterocycles. The Morgan fingerprint density at radius 3 is 2.28 bits per heavy atom. The Labute approximate surface area is 110 Å². The van der Waals surface area contributed by atoms with Crippen LogP contribution in [-0.4, -0.2) is 24.2 Å². The lowest BCUT2D eigenvalue weighted by Crippen LogP contribution is -2.37. The van der Waals surface area contributed by atoms with E-state index >= 15 is 0 Å². The molecule has 0 spiro atoms. The third-order valence-electron chi connectivity index (χ3n) is 2.77. The van der Waals surface area contributed by atoms with E-state index in [0.29, 0.717) is 0 Å². The Kier molecular flexibility index (Phi) is 8.67. The van der Waals surface area contributed by atoms with Crippen LogP contribution in [0.25, 0.3) is 0 Å². The average molecular weight is 258 g/mol. The Morgan fingerprint density at radius 2 is 1.78 bits per heavy atom. The lowest BCUT2D eigenvalue weighted by molar-refractivity contribution is -0.333. The molecule has 1 atom stereocenters. The minimum atomic E-state index is -1.82. The van der Waals surface area contributed by atoms with E-state index < -0.39 is 11.9 Å². The zero-order chi connectivity index (χ0) is 14.0. The summed E-state index contributed by atoms with van der Waals surface area (Å²) in [5.41, 5.74) is 0.244. The molecular weight excluding hydrogens is 232 g/mol. The molecule has 0 aromatic rings. The van der Waals surface area contributed by atoms with Gasteiger partial charge < -0.3 is 14.6 Å². The molecule has 0 amide bonds. The van der Waals surface area contributed by atoms with Crippen molar-refractivity contribution >= 4 is 5.97 Å². The van der Waals surface area contributed by atoms with Gasteiger partial charge >= 0.3 is 11.9 Å². The number of esters is 1. The van der Waals surface area contributed by atoms with Gasteiger partial charge in [-0.05, 0) is 13.3 Å². The summed E-state index contributed by atoms with van der Waals surface area (Å²) in [5, 5.41) is 9.94. The van der Waals surface area contributed by atoms with Crippen molar-refractivity contribution in [1.82, 2.24) is 0 Å². The van der Waals surface area contributed by atoms with Gasteiger partial charge in [-0.1, -0.05) is 45.6 Å². The first kappa shape index (κ1) is 17.1. The maximum Gasteiger partial charge on any atom is 0.337 e. The third kappa shape index (κ3) is 7.45. The quantitative estimate of drug-likeness (QED) is 0.283. The first-order chi connectivity index (χ1) is 8.45. The first-order valence-electron chi connectivity index (χ1n) is 6.61. The Balaban J connectivity index is 3.93. The van der Waals surface area contributed by atoms with Crippen LogP contribution in [-0.2, 0) is 14.3 Å². The maximum absolute atomic E-state index is 11.3. The van der Waals surface area contributed by atoms with Crippen LogP contribution in [0.15, 0.2) is 12.2 Å². The number of aliphatic hydroxyl groups is 1. The highest BCUT2D eigenvalue weighted by Crippen LogP contribution is 2.19. The number of hydrogen-bond donors (Lipinski definition) is 1. The lowest BCUT2D eigenvalue weighted by atomic mass is 10.1. The van der Waals surface area contributed by atoms with Crippen molar-refractivity contribution in [3.05, 3.63) is 12.2 Å². The summed E-state index contributed by atoms with van der Waals surface area (Å²) >= 11 is 0. The number of rotatable bonds is 10. The Bertz CT molecular complexity index is 263. The van der Waals surface area contributed by atoms with Gasteiger partial charge in [0.1, 0.15) is 0 Å². The van der Waals surface area contributed by atoms with Crippen LogP contribution in [0, 0.1) is 0 Å². The van der Waals surface area contributed by atoms with Gasteiger partial charge in [0.25, 0.3) is 0 Å². The number of carbonyl (C=O) groups is 1. The second-order valence-electron chi connectivity index (χ2n) is 4.60. The van der Waals surface area contributed by atoms with Crippen molar-refractivity contribution in [2.45, 2.75) is 64.8 Å². The highest BCUT2D eigenvalue weighted by atomic mass is 16.8. The summed E-state index contributed by atoms with van der Waals surface area (Å²) in [6.45, 7) is 7.16. The molecule has 1 N–H and O–H groups in total. The molecule has 18 heavy (non-hydrogen) atoms. The van der Waals surface area contributed by atoms with E-state index in [9.17, 15) is 9.90 Å². The van der Waals surface area contributed by atoms with Crippen molar-refractivity contribution in [2.24, 2.45) is 0 Å². The lowest BCUT2D eigenvalue weighted by Gasteiger charge is -2.25. The van der Waals surface area contributed by atoms with Crippen molar-refractivity contribution in [2.75, 3.05) is 7.11 Å². The molecular formula is C14H26O4. The first-order valence-corrected chi connectivity index (χ1v) is 6.61. The van der Waals surface area contributed by atoms with E-state index in [-0.39, 0.29) is 12.0 Å². The van der Waals surface area contributed by atoms with Gasteiger partial charge in [0.15, 0.2) is 0 Å². The Morgan fingerprint density at radius 1 is 1.22 bits per heavy atom. The normalized spacial score (nSPS) is 14.0. The van der Waals surface area contributed by atoms with Gasteiger partial charge in [0.2, 0.25) is 0 Å². The van der Waals surface area contributed by atoms with Crippen molar-refractivity contribution in [3.63, 3.8) is 0 Å². The largest absolute Gasteiger partial charge is 0.405 e. The molecule has 4 nitrogen and oxygen atoms in total. The summed E-state index contributed by atoms with van der Waals surface area (Å²) < 4.78 is 9.73. The molecule has 0 saturated carbocycles. The van der Waals surface area contributed by atoms with E-state index in [2.05, 4.69) is 13.5 Å². The van der Waals surface area contributed by atoms with Gasteiger partial charge in [0.05, 0.1) is 0 Å². The van der Waals surface area contributed by atoms with E-state index in [1.165, 1.54) is 33.3 Å². The predicted octanol–water partition coefficient (Wildman–Crippen LogP) is 3.15. The highest BCUT2D eigenvalue weighted by molar-refractivity contribution is 5.87. The zero-order valence-electron chi connectivity index (χ0n) is 11.8. The molecule has 0 aliphatic heterocycles. The maximum atomic E-state index is 11.3. The fraction of sp³-hybridized carbons (Fsp3) is 0.786. The highest BCUT2D eigenvalue weighted by Gasteiger charge is 2.31. The second-order valence-corrected chi connectivity index (χ2v) is 4.60. The zero-order valence-corrected chi connectivity index (χ0v) is 11.8.